The molecular formula is C24H30N4O2. The molecule has 2 aromatic carbocycles. The second-order valence-corrected chi connectivity index (χ2v) is 7.42. The van der Waals surface area contributed by atoms with Crippen molar-refractivity contribution in [2.24, 2.45) is 4.99 Å². The maximum atomic E-state index is 9.06. The topological polar surface area (TPSA) is 78.7 Å². The Morgan fingerprint density at radius 2 is 2.17 bits per heavy atom. The van der Waals surface area contributed by atoms with Crippen LogP contribution >= 0.6 is 0 Å². The summed E-state index contributed by atoms with van der Waals surface area (Å²) in [5, 5.41) is 15.7. The van der Waals surface area contributed by atoms with Crippen LogP contribution in [0.3, 0.4) is 0 Å². The number of nitrogens with zero attached hydrogens (tertiary/aromatic N) is 2. The third-order valence-corrected chi connectivity index (χ3v) is 4.94. The molecule has 1 atom stereocenters. The number of ether oxygens (including phenoxy) is 2. The summed E-state index contributed by atoms with van der Waals surface area (Å²) in [6, 6.07) is 15.9. The molecule has 0 radical (unpaired) electrons. The number of benzene rings is 2. The molecule has 0 aliphatic carbocycles. The molecule has 1 heterocycles. The van der Waals surface area contributed by atoms with E-state index in [1.807, 2.05) is 25.1 Å². The highest BCUT2D eigenvalue weighted by Gasteiger charge is 2.17. The van der Waals surface area contributed by atoms with Gasteiger partial charge in [0.1, 0.15) is 12.4 Å². The van der Waals surface area contributed by atoms with E-state index in [4.69, 9.17) is 14.7 Å². The first kappa shape index (κ1) is 21.7. The highest BCUT2D eigenvalue weighted by molar-refractivity contribution is 5.79. The first-order valence-corrected chi connectivity index (χ1v) is 10.5. The standard InChI is InChI=1S/C24H30N4O2/c1-3-26-24(27-15-20-7-4-6-19(13-20)14-25)28-16-21-10-9-18(2)12-23(21)30-17-22-8-5-11-29-22/h4,6-7,9-10,12-13,22H,3,5,8,11,15-17H2,1-2H3,(H2,26,27,28). The maximum Gasteiger partial charge on any atom is 0.191 e. The number of nitriles is 1. The summed E-state index contributed by atoms with van der Waals surface area (Å²) in [6.45, 7) is 7.38. The van der Waals surface area contributed by atoms with E-state index in [1.54, 1.807) is 6.07 Å². The lowest BCUT2D eigenvalue weighted by molar-refractivity contribution is 0.0676. The molecule has 6 heteroatoms. The van der Waals surface area contributed by atoms with Gasteiger partial charge in [0.2, 0.25) is 0 Å². The summed E-state index contributed by atoms with van der Waals surface area (Å²) >= 11 is 0. The van der Waals surface area contributed by atoms with Crippen molar-refractivity contribution < 1.29 is 9.47 Å². The third-order valence-electron chi connectivity index (χ3n) is 4.94. The summed E-state index contributed by atoms with van der Waals surface area (Å²) < 4.78 is 11.8. The zero-order valence-electron chi connectivity index (χ0n) is 17.8. The van der Waals surface area contributed by atoms with Crippen molar-refractivity contribution >= 4 is 5.96 Å². The Bertz CT molecular complexity index is 898. The first-order chi connectivity index (χ1) is 14.7. The average Bonchev–Trinajstić information content (AvgIpc) is 3.29. The number of aliphatic imine (C=N–C) groups is 1. The molecule has 2 N–H and O–H groups in total. The van der Waals surface area contributed by atoms with Gasteiger partial charge in [0.25, 0.3) is 0 Å². The van der Waals surface area contributed by atoms with Crippen LogP contribution in [-0.4, -0.2) is 31.8 Å². The van der Waals surface area contributed by atoms with Gasteiger partial charge in [-0.1, -0.05) is 24.3 Å². The van der Waals surface area contributed by atoms with Crippen LogP contribution in [0.15, 0.2) is 47.5 Å². The van der Waals surface area contributed by atoms with Crippen molar-refractivity contribution in [1.29, 1.82) is 5.26 Å². The molecule has 3 rings (SSSR count). The molecule has 30 heavy (non-hydrogen) atoms. The van der Waals surface area contributed by atoms with Crippen LogP contribution in [0.2, 0.25) is 0 Å². The smallest absolute Gasteiger partial charge is 0.191 e. The minimum atomic E-state index is 0.189. The lowest BCUT2D eigenvalue weighted by Crippen LogP contribution is -2.36. The quantitative estimate of drug-likeness (QED) is 0.516. The zero-order valence-corrected chi connectivity index (χ0v) is 17.8. The van der Waals surface area contributed by atoms with Gasteiger partial charge in [-0.05, 0) is 56.0 Å². The van der Waals surface area contributed by atoms with Gasteiger partial charge in [-0.3, -0.25) is 0 Å². The van der Waals surface area contributed by atoms with E-state index < -0.39 is 0 Å². The molecule has 1 fully saturated rings. The number of hydrogen-bond acceptors (Lipinski definition) is 4. The molecule has 1 unspecified atom stereocenters. The minimum absolute atomic E-state index is 0.189. The fraction of sp³-hybridized carbons (Fsp3) is 0.417. The fourth-order valence-electron chi connectivity index (χ4n) is 3.33. The Morgan fingerprint density at radius 1 is 1.27 bits per heavy atom. The van der Waals surface area contributed by atoms with Crippen LogP contribution in [0.1, 0.15) is 42.0 Å². The number of nitrogens with one attached hydrogen (secondary N) is 2. The van der Waals surface area contributed by atoms with E-state index in [-0.39, 0.29) is 6.10 Å². The summed E-state index contributed by atoms with van der Waals surface area (Å²) in [5.74, 6) is 1.61. The molecule has 0 saturated carbocycles. The van der Waals surface area contributed by atoms with E-state index in [0.717, 1.165) is 48.8 Å². The van der Waals surface area contributed by atoms with Gasteiger partial charge in [-0.15, -0.1) is 0 Å². The van der Waals surface area contributed by atoms with E-state index in [1.165, 1.54) is 5.56 Å². The largest absolute Gasteiger partial charge is 0.491 e. The van der Waals surface area contributed by atoms with E-state index in [0.29, 0.717) is 25.3 Å². The van der Waals surface area contributed by atoms with E-state index in [9.17, 15) is 0 Å². The Hall–Kier alpha value is -3.04. The molecule has 0 spiro atoms. The van der Waals surface area contributed by atoms with Crippen LogP contribution in [0, 0.1) is 18.3 Å². The number of hydrogen-bond donors (Lipinski definition) is 2. The van der Waals surface area contributed by atoms with Crippen molar-refractivity contribution in [3.8, 4) is 11.8 Å². The van der Waals surface area contributed by atoms with Gasteiger partial charge in [-0.25, -0.2) is 4.99 Å². The number of rotatable bonds is 8. The molecule has 1 saturated heterocycles. The number of aryl methyl sites for hydroxylation is 1. The van der Waals surface area contributed by atoms with Crippen LogP contribution in [0.25, 0.3) is 0 Å². The molecule has 1 aliphatic heterocycles. The van der Waals surface area contributed by atoms with Gasteiger partial charge in [0.05, 0.1) is 24.3 Å². The summed E-state index contributed by atoms with van der Waals surface area (Å²) in [5.41, 5.74) is 3.89. The lowest BCUT2D eigenvalue weighted by Gasteiger charge is -2.17. The molecule has 158 valence electrons. The molecule has 0 amide bonds. The maximum absolute atomic E-state index is 9.06. The Morgan fingerprint density at radius 3 is 2.93 bits per heavy atom. The van der Waals surface area contributed by atoms with Gasteiger partial charge >= 0.3 is 0 Å². The van der Waals surface area contributed by atoms with Crippen LogP contribution in [0.5, 0.6) is 5.75 Å². The minimum Gasteiger partial charge on any atom is -0.491 e. The fourth-order valence-corrected chi connectivity index (χ4v) is 3.33. The van der Waals surface area contributed by atoms with Crippen LogP contribution in [0.4, 0.5) is 0 Å². The Balaban J connectivity index is 1.63. The Kier molecular flexibility index (Phi) is 8.10. The molecule has 2 aromatic rings. The lowest BCUT2D eigenvalue weighted by atomic mass is 10.1. The highest BCUT2D eigenvalue weighted by atomic mass is 16.5. The van der Waals surface area contributed by atoms with Crippen molar-refractivity contribution in [3.05, 3.63) is 64.7 Å². The number of guanidine groups is 1. The van der Waals surface area contributed by atoms with Gasteiger partial charge in [0.15, 0.2) is 5.96 Å². The van der Waals surface area contributed by atoms with Crippen molar-refractivity contribution in [3.63, 3.8) is 0 Å². The van der Waals surface area contributed by atoms with E-state index >= 15 is 0 Å². The van der Waals surface area contributed by atoms with E-state index in [2.05, 4.69) is 46.8 Å². The molecule has 6 nitrogen and oxygen atoms in total. The van der Waals surface area contributed by atoms with Crippen molar-refractivity contribution in [2.45, 2.75) is 45.9 Å². The van der Waals surface area contributed by atoms with Crippen molar-refractivity contribution in [2.75, 3.05) is 19.8 Å². The summed E-state index contributed by atoms with van der Waals surface area (Å²) in [7, 11) is 0. The molecule has 1 aliphatic rings. The van der Waals surface area contributed by atoms with Gasteiger partial charge < -0.3 is 20.1 Å². The zero-order chi connectivity index (χ0) is 21.2. The molecular weight excluding hydrogens is 376 g/mol. The predicted octanol–water partition coefficient (Wildman–Crippen LogP) is 3.68. The third kappa shape index (κ3) is 6.50. The SMILES string of the molecule is CCNC(=NCc1cccc(C#N)c1)NCc1ccc(C)cc1OCC1CCCO1. The second-order valence-electron chi connectivity index (χ2n) is 7.42. The summed E-state index contributed by atoms with van der Waals surface area (Å²) in [6.07, 6.45) is 2.36. The Labute approximate surface area is 178 Å². The monoisotopic (exact) mass is 406 g/mol. The molecule has 0 aromatic heterocycles. The first-order valence-electron chi connectivity index (χ1n) is 10.5. The summed E-state index contributed by atoms with van der Waals surface area (Å²) in [4.78, 5) is 4.65. The van der Waals surface area contributed by atoms with Crippen LogP contribution < -0.4 is 15.4 Å². The van der Waals surface area contributed by atoms with Crippen LogP contribution in [-0.2, 0) is 17.8 Å². The predicted molar refractivity (Wildman–Crippen MR) is 118 cm³/mol. The van der Waals surface area contributed by atoms with Crippen molar-refractivity contribution in [1.82, 2.24) is 10.6 Å². The van der Waals surface area contributed by atoms with Gasteiger partial charge in [-0.2, -0.15) is 5.26 Å². The molecule has 0 bridgehead atoms. The average molecular weight is 407 g/mol. The highest BCUT2D eigenvalue weighted by Crippen LogP contribution is 2.22. The second kappa shape index (κ2) is 11.2. The normalized spacial score (nSPS) is 16.2. The van der Waals surface area contributed by atoms with Gasteiger partial charge in [0, 0.05) is 25.3 Å².